The Morgan fingerprint density at radius 3 is 2.46 bits per heavy atom. The molecule has 8 nitrogen and oxygen atoms in total. The summed E-state index contributed by atoms with van der Waals surface area (Å²) in [7, 11) is 6.19. The smallest absolute Gasteiger partial charge is 0.298 e. The van der Waals surface area contributed by atoms with E-state index in [1.165, 1.54) is 0 Å². The van der Waals surface area contributed by atoms with Gasteiger partial charge >= 0.3 is 0 Å². The quantitative estimate of drug-likeness (QED) is 0.562. The van der Waals surface area contributed by atoms with Gasteiger partial charge < -0.3 is 24.0 Å². The zero-order valence-corrected chi connectivity index (χ0v) is 21.1. The summed E-state index contributed by atoms with van der Waals surface area (Å²) >= 11 is 0. The number of nitriles is 1. The van der Waals surface area contributed by atoms with Gasteiger partial charge in [-0.15, -0.1) is 0 Å². The number of fused-ring (bicyclic) bond motifs is 1. The number of likely N-dealkylation sites (tertiary alicyclic amines) is 1. The molecule has 2 saturated heterocycles. The summed E-state index contributed by atoms with van der Waals surface area (Å²) in [6, 6.07) is 13.7. The predicted molar refractivity (Wildman–Crippen MR) is 138 cm³/mol. The summed E-state index contributed by atoms with van der Waals surface area (Å²) in [5, 5.41) is 10.2. The predicted octanol–water partition coefficient (Wildman–Crippen LogP) is 3.48. The Kier molecular flexibility index (Phi) is 5.89. The van der Waals surface area contributed by atoms with Gasteiger partial charge in [0.1, 0.15) is 11.6 Å². The molecule has 0 aliphatic carbocycles. The molecule has 3 aromatic rings. The second kappa shape index (κ2) is 8.90. The first-order valence-corrected chi connectivity index (χ1v) is 12.1. The van der Waals surface area contributed by atoms with Crippen LogP contribution in [0.2, 0.25) is 0 Å². The number of benzene rings is 2. The fraction of sp³-hybridized carbons (Fsp3) is 0.444. The van der Waals surface area contributed by atoms with Crippen molar-refractivity contribution in [2.75, 3.05) is 57.1 Å². The van der Waals surface area contributed by atoms with Gasteiger partial charge in [-0.05, 0) is 38.6 Å². The molecule has 3 heterocycles. The molecule has 0 N–H and O–H groups in total. The van der Waals surface area contributed by atoms with Crippen LogP contribution in [0.4, 0.5) is 11.7 Å². The topological polar surface area (TPSA) is 79.9 Å². The second-order valence-corrected chi connectivity index (χ2v) is 9.92. The van der Waals surface area contributed by atoms with Gasteiger partial charge in [-0.1, -0.05) is 30.3 Å². The van der Waals surface area contributed by atoms with Crippen molar-refractivity contribution in [3.63, 3.8) is 0 Å². The van der Waals surface area contributed by atoms with Crippen molar-refractivity contribution in [2.45, 2.75) is 32.4 Å². The van der Waals surface area contributed by atoms with Crippen molar-refractivity contribution in [1.82, 2.24) is 14.8 Å². The molecular formula is C27H32N6O2. The molecule has 5 rings (SSSR count). The van der Waals surface area contributed by atoms with Crippen LogP contribution in [0, 0.1) is 18.3 Å². The van der Waals surface area contributed by atoms with E-state index in [1.54, 1.807) is 11.8 Å². The lowest BCUT2D eigenvalue weighted by molar-refractivity contribution is -0.133. The average Bonchev–Trinajstić information content (AvgIpc) is 3.45. The molecule has 2 aliphatic heterocycles. The van der Waals surface area contributed by atoms with Gasteiger partial charge in [0.2, 0.25) is 5.91 Å². The van der Waals surface area contributed by atoms with Gasteiger partial charge in [0, 0.05) is 51.8 Å². The lowest BCUT2D eigenvalue weighted by Crippen LogP contribution is -2.60. The molecule has 35 heavy (non-hydrogen) atoms. The first kappa shape index (κ1) is 23.2. The monoisotopic (exact) mass is 472 g/mol. The van der Waals surface area contributed by atoms with Crippen molar-refractivity contribution in [2.24, 2.45) is 0 Å². The van der Waals surface area contributed by atoms with Crippen LogP contribution in [0.3, 0.4) is 0 Å². The van der Waals surface area contributed by atoms with Crippen LogP contribution in [0.15, 0.2) is 34.7 Å². The van der Waals surface area contributed by atoms with Crippen LogP contribution < -0.4 is 9.80 Å². The van der Waals surface area contributed by atoms with Gasteiger partial charge in [0.15, 0.2) is 5.58 Å². The van der Waals surface area contributed by atoms with E-state index in [0.29, 0.717) is 41.8 Å². The zero-order valence-electron chi connectivity index (χ0n) is 21.1. The third kappa shape index (κ3) is 3.90. The van der Waals surface area contributed by atoms with Crippen LogP contribution >= 0.6 is 0 Å². The summed E-state index contributed by atoms with van der Waals surface area (Å²) in [6.45, 7) is 6.69. The third-order valence-electron chi connectivity index (χ3n) is 7.60. The molecule has 1 aromatic heterocycles. The third-order valence-corrected chi connectivity index (χ3v) is 7.60. The second-order valence-electron chi connectivity index (χ2n) is 9.92. The zero-order chi connectivity index (χ0) is 24.9. The Labute approximate surface area is 206 Å². The van der Waals surface area contributed by atoms with Gasteiger partial charge in [0.05, 0.1) is 17.3 Å². The molecule has 8 heteroatoms. The van der Waals surface area contributed by atoms with E-state index in [9.17, 15) is 10.1 Å². The maximum atomic E-state index is 11.7. The van der Waals surface area contributed by atoms with Crippen LogP contribution in [0.1, 0.15) is 24.5 Å². The first-order valence-electron chi connectivity index (χ1n) is 12.1. The van der Waals surface area contributed by atoms with Crippen molar-refractivity contribution in [3.05, 3.63) is 41.5 Å². The van der Waals surface area contributed by atoms with Gasteiger partial charge in [0.25, 0.3) is 6.01 Å². The number of carbonyl (C=O) groups is 1. The fourth-order valence-corrected chi connectivity index (χ4v) is 5.26. The van der Waals surface area contributed by atoms with E-state index in [2.05, 4.69) is 42.1 Å². The van der Waals surface area contributed by atoms with Crippen LogP contribution in [0.5, 0.6) is 0 Å². The number of anilines is 2. The van der Waals surface area contributed by atoms with Gasteiger partial charge in [-0.2, -0.15) is 10.2 Å². The molecule has 2 fully saturated rings. The first-order chi connectivity index (χ1) is 16.8. The minimum absolute atomic E-state index is 0.0777. The molecule has 0 saturated carbocycles. The lowest BCUT2D eigenvalue weighted by Gasteiger charge is -2.42. The SMILES string of the molecule is CC(=O)N1CC(N(C)c2nc3c(C#N)c(C)c(-c4ccccc4)c(N4CCC(N(C)C)C4)c3o2)C1. The molecule has 2 aliphatic rings. The Hall–Kier alpha value is -3.57. The van der Waals surface area contributed by atoms with Crippen molar-refractivity contribution in [1.29, 1.82) is 5.26 Å². The Bertz CT molecular complexity index is 1300. The van der Waals surface area contributed by atoms with Crippen molar-refractivity contribution >= 4 is 28.7 Å². The maximum Gasteiger partial charge on any atom is 0.298 e. The number of oxazole rings is 1. The van der Waals surface area contributed by atoms with Gasteiger partial charge in [-0.25, -0.2) is 0 Å². The molecule has 2 aromatic carbocycles. The van der Waals surface area contributed by atoms with E-state index in [4.69, 9.17) is 9.40 Å². The molecule has 0 spiro atoms. The van der Waals surface area contributed by atoms with E-state index in [0.717, 1.165) is 41.9 Å². The van der Waals surface area contributed by atoms with Crippen LogP contribution in [-0.4, -0.2) is 80.1 Å². The minimum Gasteiger partial charge on any atom is -0.421 e. The summed E-state index contributed by atoms with van der Waals surface area (Å²) in [6.07, 6.45) is 1.06. The average molecular weight is 473 g/mol. The molecule has 1 unspecified atom stereocenters. The highest BCUT2D eigenvalue weighted by Crippen LogP contribution is 2.45. The van der Waals surface area contributed by atoms with Crippen molar-refractivity contribution in [3.8, 4) is 17.2 Å². The van der Waals surface area contributed by atoms with Crippen LogP contribution in [0.25, 0.3) is 22.2 Å². The standard InChI is InChI=1S/C27H32N6O2/c1-17-22(13-28)24-26(35-27(29-24)31(5)21-15-33(16-21)18(2)34)25(23(17)19-9-7-6-8-10-19)32-12-11-20(14-32)30(3)4/h6-10,20-21H,11-12,14-16H2,1-5H3. The number of amides is 1. The van der Waals surface area contributed by atoms with Crippen molar-refractivity contribution < 1.29 is 9.21 Å². The maximum absolute atomic E-state index is 11.7. The minimum atomic E-state index is 0.0777. The molecule has 182 valence electrons. The number of aromatic nitrogens is 1. The number of hydrogen-bond acceptors (Lipinski definition) is 7. The summed E-state index contributed by atoms with van der Waals surface area (Å²) < 4.78 is 6.49. The Balaban J connectivity index is 1.67. The molecular weight excluding hydrogens is 440 g/mol. The molecule has 1 atom stereocenters. The Morgan fingerprint density at radius 2 is 1.86 bits per heavy atom. The van der Waals surface area contributed by atoms with E-state index < -0.39 is 0 Å². The summed E-state index contributed by atoms with van der Waals surface area (Å²) in [4.78, 5) is 24.9. The number of nitrogens with zero attached hydrogens (tertiary/aromatic N) is 6. The highest BCUT2D eigenvalue weighted by Gasteiger charge is 2.36. The van der Waals surface area contributed by atoms with Gasteiger partial charge in [-0.3, -0.25) is 4.79 Å². The summed E-state index contributed by atoms with van der Waals surface area (Å²) in [5.41, 5.74) is 5.85. The summed E-state index contributed by atoms with van der Waals surface area (Å²) in [5.74, 6) is 0.0777. The van der Waals surface area contributed by atoms with E-state index in [1.807, 2.05) is 37.1 Å². The number of likely N-dealkylation sites (N-methyl/N-ethyl adjacent to an activating group) is 2. The fourth-order valence-electron chi connectivity index (χ4n) is 5.26. The molecule has 1 amide bonds. The van der Waals surface area contributed by atoms with Crippen LogP contribution in [-0.2, 0) is 4.79 Å². The number of carbonyl (C=O) groups excluding carboxylic acids is 1. The highest BCUT2D eigenvalue weighted by molar-refractivity contribution is 6.03. The molecule has 0 radical (unpaired) electrons. The number of hydrogen-bond donors (Lipinski definition) is 0. The lowest BCUT2D eigenvalue weighted by atomic mass is 9.93. The Morgan fingerprint density at radius 1 is 1.14 bits per heavy atom. The normalized spacial score (nSPS) is 18.3. The van der Waals surface area contributed by atoms with E-state index >= 15 is 0 Å². The largest absolute Gasteiger partial charge is 0.421 e. The molecule has 0 bridgehead atoms. The number of rotatable bonds is 5. The van der Waals surface area contributed by atoms with E-state index in [-0.39, 0.29) is 11.9 Å². The highest BCUT2D eigenvalue weighted by atomic mass is 16.4.